The normalized spacial score (nSPS) is 22.9. The maximum Gasteiger partial charge on any atom is 0.235 e. The van der Waals surface area contributed by atoms with Crippen LogP contribution in [0.5, 0.6) is 0 Å². The van der Waals surface area contributed by atoms with Crippen molar-refractivity contribution in [1.82, 2.24) is 4.90 Å². The van der Waals surface area contributed by atoms with Crippen molar-refractivity contribution in [3.8, 4) is 0 Å². The lowest BCUT2D eigenvalue weighted by Gasteiger charge is -2.33. The van der Waals surface area contributed by atoms with Crippen molar-refractivity contribution in [3.05, 3.63) is 0 Å². The lowest BCUT2D eigenvalue weighted by atomic mass is 9.94. The summed E-state index contributed by atoms with van der Waals surface area (Å²) in [5.74, 6) is 0.237. The third kappa shape index (κ3) is 3.93. The number of nitrogens with zero attached hydrogens (tertiary/aromatic N) is 1. The average molecular weight is 254 g/mol. The minimum Gasteiger partial charge on any atom is -0.303 e. The first kappa shape index (κ1) is 13.3. The molecule has 1 unspecified atom stereocenters. The zero-order chi connectivity index (χ0) is 11.5. The second kappa shape index (κ2) is 5.51. The van der Waals surface area contributed by atoms with Gasteiger partial charge in [-0.25, -0.2) is 8.42 Å². The topological polar surface area (TPSA) is 37.4 Å². The summed E-state index contributed by atoms with van der Waals surface area (Å²) in [4.78, 5) is 2.39. The van der Waals surface area contributed by atoms with Crippen LogP contribution in [0.3, 0.4) is 0 Å². The summed E-state index contributed by atoms with van der Waals surface area (Å²) < 4.78 is 22.4. The molecule has 0 amide bonds. The molecule has 1 aliphatic rings. The highest BCUT2D eigenvalue weighted by atomic mass is 35.7. The fourth-order valence-electron chi connectivity index (χ4n) is 2.19. The highest BCUT2D eigenvalue weighted by molar-refractivity contribution is 8.14. The first-order valence-corrected chi connectivity index (χ1v) is 7.98. The first-order valence-electron chi connectivity index (χ1n) is 5.61. The summed E-state index contributed by atoms with van der Waals surface area (Å²) in [6.45, 7) is 7.03. The van der Waals surface area contributed by atoms with Crippen LogP contribution in [0.15, 0.2) is 0 Å². The fourth-order valence-corrected chi connectivity index (χ4v) is 3.36. The van der Waals surface area contributed by atoms with Crippen LogP contribution in [0.1, 0.15) is 33.1 Å². The van der Waals surface area contributed by atoms with E-state index >= 15 is 0 Å². The minimum absolute atomic E-state index is 0.237. The quantitative estimate of drug-likeness (QED) is 0.720. The standard InChI is InChI=1S/C10H20ClNO2S/c1-3-6-12-7-4-10(5-8-12)9(2)15(11,13)14/h9-10H,3-8H2,1-2H3. The van der Waals surface area contributed by atoms with E-state index in [2.05, 4.69) is 11.8 Å². The smallest absolute Gasteiger partial charge is 0.235 e. The van der Waals surface area contributed by atoms with Gasteiger partial charge in [-0.1, -0.05) is 6.92 Å². The van der Waals surface area contributed by atoms with Crippen LogP contribution >= 0.6 is 10.7 Å². The Kier molecular flexibility index (Phi) is 4.87. The van der Waals surface area contributed by atoms with E-state index < -0.39 is 14.3 Å². The highest BCUT2D eigenvalue weighted by Gasteiger charge is 2.30. The SMILES string of the molecule is CCCN1CCC(C(C)S(=O)(=O)Cl)CC1. The zero-order valence-electron chi connectivity index (χ0n) is 9.45. The molecule has 1 atom stereocenters. The Labute approximate surface area is 97.2 Å². The van der Waals surface area contributed by atoms with Gasteiger partial charge in [-0.15, -0.1) is 0 Å². The van der Waals surface area contributed by atoms with Crippen LogP contribution in [-0.4, -0.2) is 38.2 Å². The van der Waals surface area contributed by atoms with Crippen LogP contribution in [0.25, 0.3) is 0 Å². The van der Waals surface area contributed by atoms with E-state index in [1.807, 2.05) is 0 Å². The lowest BCUT2D eigenvalue weighted by Crippen LogP contribution is -2.38. The van der Waals surface area contributed by atoms with E-state index in [0.717, 1.165) is 38.9 Å². The van der Waals surface area contributed by atoms with Crippen molar-refractivity contribution in [2.24, 2.45) is 5.92 Å². The van der Waals surface area contributed by atoms with Gasteiger partial charge in [0.15, 0.2) is 0 Å². The number of hydrogen-bond donors (Lipinski definition) is 0. The van der Waals surface area contributed by atoms with E-state index in [4.69, 9.17) is 10.7 Å². The summed E-state index contributed by atoms with van der Waals surface area (Å²) in [6, 6.07) is 0. The van der Waals surface area contributed by atoms with Gasteiger partial charge in [-0.2, -0.15) is 0 Å². The largest absolute Gasteiger partial charge is 0.303 e. The Morgan fingerprint density at radius 1 is 1.40 bits per heavy atom. The van der Waals surface area contributed by atoms with Gasteiger partial charge in [0.1, 0.15) is 0 Å². The maximum atomic E-state index is 11.2. The molecule has 15 heavy (non-hydrogen) atoms. The minimum atomic E-state index is -3.38. The molecule has 0 bridgehead atoms. The molecular weight excluding hydrogens is 234 g/mol. The molecule has 3 nitrogen and oxygen atoms in total. The van der Waals surface area contributed by atoms with Crippen molar-refractivity contribution in [2.75, 3.05) is 19.6 Å². The third-order valence-electron chi connectivity index (χ3n) is 3.28. The van der Waals surface area contributed by atoms with E-state index in [9.17, 15) is 8.42 Å². The Morgan fingerprint density at radius 3 is 2.33 bits per heavy atom. The molecule has 0 N–H and O–H groups in total. The van der Waals surface area contributed by atoms with Crippen LogP contribution in [-0.2, 0) is 9.05 Å². The van der Waals surface area contributed by atoms with Gasteiger partial charge in [0.05, 0.1) is 5.25 Å². The molecule has 0 saturated carbocycles. The number of likely N-dealkylation sites (tertiary alicyclic amines) is 1. The molecule has 0 aromatic heterocycles. The lowest BCUT2D eigenvalue weighted by molar-refractivity contribution is 0.183. The van der Waals surface area contributed by atoms with Crippen molar-refractivity contribution in [3.63, 3.8) is 0 Å². The number of hydrogen-bond acceptors (Lipinski definition) is 3. The van der Waals surface area contributed by atoms with Gasteiger partial charge in [0, 0.05) is 10.7 Å². The van der Waals surface area contributed by atoms with E-state index in [1.165, 1.54) is 0 Å². The molecular formula is C10H20ClNO2S. The van der Waals surface area contributed by atoms with Crippen molar-refractivity contribution in [1.29, 1.82) is 0 Å². The number of piperidine rings is 1. The predicted octanol–water partition coefficient (Wildman–Crippen LogP) is 2.07. The third-order valence-corrected chi connectivity index (χ3v) is 5.40. The molecule has 1 heterocycles. The van der Waals surface area contributed by atoms with Crippen LogP contribution in [0.2, 0.25) is 0 Å². The van der Waals surface area contributed by atoms with Crippen molar-refractivity contribution >= 4 is 19.7 Å². The Bertz CT molecular complexity index is 284. The van der Waals surface area contributed by atoms with Gasteiger partial charge in [-0.05, 0) is 51.7 Å². The van der Waals surface area contributed by atoms with E-state index in [-0.39, 0.29) is 5.92 Å². The zero-order valence-corrected chi connectivity index (χ0v) is 11.0. The summed E-state index contributed by atoms with van der Waals surface area (Å²) in [7, 11) is 1.99. The molecule has 1 rings (SSSR count). The van der Waals surface area contributed by atoms with E-state index in [0.29, 0.717) is 0 Å². The Balaban J connectivity index is 2.44. The maximum absolute atomic E-state index is 11.2. The molecule has 1 saturated heterocycles. The van der Waals surface area contributed by atoms with Crippen molar-refractivity contribution in [2.45, 2.75) is 38.4 Å². The van der Waals surface area contributed by atoms with Crippen LogP contribution in [0.4, 0.5) is 0 Å². The Hall–Kier alpha value is 0.200. The number of halogens is 1. The van der Waals surface area contributed by atoms with Crippen LogP contribution in [0, 0.1) is 5.92 Å². The van der Waals surface area contributed by atoms with E-state index in [1.54, 1.807) is 6.92 Å². The molecule has 0 aliphatic carbocycles. The first-order chi connectivity index (χ1) is 6.95. The average Bonchev–Trinajstić information content (AvgIpc) is 2.17. The predicted molar refractivity (Wildman–Crippen MR) is 63.7 cm³/mol. The Morgan fingerprint density at radius 2 is 1.93 bits per heavy atom. The van der Waals surface area contributed by atoms with Gasteiger partial charge < -0.3 is 4.90 Å². The van der Waals surface area contributed by atoms with Crippen LogP contribution < -0.4 is 0 Å². The molecule has 90 valence electrons. The molecule has 0 spiro atoms. The fraction of sp³-hybridized carbons (Fsp3) is 1.00. The van der Waals surface area contributed by atoms with Crippen molar-refractivity contribution < 1.29 is 8.42 Å². The monoisotopic (exact) mass is 253 g/mol. The second-order valence-electron chi connectivity index (χ2n) is 4.36. The van der Waals surface area contributed by atoms with Gasteiger partial charge in [0.2, 0.25) is 9.05 Å². The highest BCUT2D eigenvalue weighted by Crippen LogP contribution is 2.26. The molecule has 0 aromatic rings. The molecule has 0 aromatic carbocycles. The molecule has 5 heteroatoms. The van der Waals surface area contributed by atoms with Gasteiger partial charge >= 0.3 is 0 Å². The second-order valence-corrected chi connectivity index (χ2v) is 7.34. The summed E-state index contributed by atoms with van der Waals surface area (Å²) >= 11 is 0. The summed E-state index contributed by atoms with van der Waals surface area (Å²) in [5.41, 5.74) is 0. The van der Waals surface area contributed by atoms with Gasteiger partial charge in [0.25, 0.3) is 0 Å². The summed E-state index contributed by atoms with van der Waals surface area (Å²) in [5, 5.41) is -0.400. The summed E-state index contributed by atoms with van der Waals surface area (Å²) in [6.07, 6.45) is 3.06. The molecule has 1 aliphatic heterocycles. The molecule has 1 fully saturated rings. The number of rotatable bonds is 4. The molecule has 0 radical (unpaired) electrons. The van der Waals surface area contributed by atoms with Gasteiger partial charge in [-0.3, -0.25) is 0 Å².